The fraction of sp³-hybridized carbons (Fsp3) is 0.273. The molecule has 194 valence electrons. The molecule has 0 atom stereocenters. The molecule has 0 aliphatic carbocycles. The van der Waals surface area contributed by atoms with Crippen molar-refractivity contribution in [1.29, 1.82) is 0 Å². The molecular weight excluding hydrogens is 540 g/mol. The molecule has 0 unspecified atom stereocenters. The Morgan fingerprint density at radius 1 is 1.05 bits per heavy atom. The van der Waals surface area contributed by atoms with Crippen LogP contribution in [0.4, 0.5) is 16.5 Å². The van der Waals surface area contributed by atoms with Gasteiger partial charge < -0.3 is 5.32 Å². The predicted octanol–water partition coefficient (Wildman–Crippen LogP) is 3.60. The van der Waals surface area contributed by atoms with Gasteiger partial charge >= 0.3 is 0 Å². The standard InChI is InChI=1S/C22H22N6O6S3/c29-19(23-16-5-4-6-17(13-16)28(31)32)14-35-22-26-25-21(36-22)24-20(30)15-7-9-18(10-8-15)37(33,34)27-11-2-1-3-12-27/h4-10,13H,1-3,11-12,14H2,(H,23,29)(H,24,25,30). The van der Waals surface area contributed by atoms with Gasteiger partial charge in [0.1, 0.15) is 0 Å². The SMILES string of the molecule is O=C(CSc1nnc(NC(=O)c2ccc(S(=O)(=O)N3CCCCC3)cc2)s1)Nc1cccc([N+](=O)[O-])c1. The lowest BCUT2D eigenvalue weighted by Gasteiger charge is -2.25. The van der Waals surface area contributed by atoms with Gasteiger partial charge in [-0.25, -0.2) is 8.42 Å². The zero-order valence-corrected chi connectivity index (χ0v) is 21.8. The summed E-state index contributed by atoms with van der Waals surface area (Å²) in [4.78, 5) is 35.2. The number of hydrogen-bond donors (Lipinski definition) is 2. The van der Waals surface area contributed by atoms with Gasteiger partial charge in [-0.2, -0.15) is 4.31 Å². The van der Waals surface area contributed by atoms with Gasteiger partial charge in [0.25, 0.3) is 11.6 Å². The molecule has 1 fully saturated rings. The molecule has 3 aromatic rings. The van der Waals surface area contributed by atoms with E-state index in [1.807, 2.05) is 0 Å². The highest BCUT2D eigenvalue weighted by atomic mass is 32.2. The van der Waals surface area contributed by atoms with Crippen LogP contribution in [0.2, 0.25) is 0 Å². The third-order valence-electron chi connectivity index (χ3n) is 5.36. The maximum atomic E-state index is 12.8. The lowest BCUT2D eigenvalue weighted by molar-refractivity contribution is -0.384. The monoisotopic (exact) mass is 562 g/mol. The number of nitrogens with one attached hydrogen (secondary N) is 2. The molecule has 2 aromatic carbocycles. The first-order valence-corrected chi connectivity index (χ1v) is 14.4. The maximum Gasteiger partial charge on any atom is 0.271 e. The van der Waals surface area contributed by atoms with Gasteiger partial charge in [0.05, 0.1) is 15.6 Å². The van der Waals surface area contributed by atoms with Gasteiger partial charge in [0, 0.05) is 36.5 Å². The maximum absolute atomic E-state index is 12.8. The number of rotatable bonds is 9. The summed E-state index contributed by atoms with van der Waals surface area (Å²) in [5.74, 6) is -0.873. The van der Waals surface area contributed by atoms with Gasteiger partial charge in [0.2, 0.25) is 21.1 Å². The van der Waals surface area contributed by atoms with E-state index in [4.69, 9.17) is 0 Å². The van der Waals surface area contributed by atoms with E-state index in [0.717, 1.165) is 42.4 Å². The fourth-order valence-electron chi connectivity index (χ4n) is 3.54. The molecule has 0 radical (unpaired) electrons. The van der Waals surface area contributed by atoms with Crippen LogP contribution in [0.15, 0.2) is 57.8 Å². The number of thioether (sulfide) groups is 1. The molecule has 2 amide bonds. The van der Waals surface area contributed by atoms with Gasteiger partial charge in [-0.15, -0.1) is 10.2 Å². The zero-order chi connectivity index (χ0) is 26.4. The fourth-order valence-corrected chi connectivity index (χ4v) is 6.61. The van der Waals surface area contributed by atoms with Gasteiger partial charge in [-0.05, 0) is 43.2 Å². The Morgan fingerprint density at radius 2 is 1.78 bits per heavy atom. The summed E-state index contributed by atoms with van der Waals surface area (Å²) in [5, 5.41) is 24.1. The number of non-ortho nitro benzene ring substituents is 1. The number of nitro groups is 1. The van der Waals surface area contributed by atoms with E-state index in [1.54, 1.807) is 6.07 Å². The third kappa shape index (κ3) is 6.88. The first kappa shape index (κ1) is 26.7. The summed E-state index contributed by atoms with van der Waals surface area (Å²) in [6, 6.07) is 11.3. The number of benzene rings is 2. The second-order valence-corrected chi connectivity index (χ2v) is 12.1. The van der Waals surface area contributed by atoms with E-state index in [1.165, 1.54) is 46.8 Å². The molecule has 2 N–H and O–H groups in total. The Morgan fingerprint density at radius 3 is 2.49 bits per heavy atom. The molecule has 1 aliphatic heterocycles. The van der Waals surface area contributed by atoms with Crippen LogP contribution in [0.1, 0.15) is 29.6 Å². The van der Waals surface area contributed by atoms with Crippen molar-refractivity contribution in [2.45, 2.75) is 28.5 Å². The van der Waals surface area contributed by atoms with Crippen LogP contribution in [0, 0.1) is 10.1 Å². The highest BCUT2D eigenvalue weighted by Gasteiger charge is 2.26. The van der Waals surface area contributed by atoms with E-state index in [0.29, 0.717) is 23.1 Å². The highest BCUT2D eigenvalue weighted by Crippen LogP contribution is 2.27. The number of carbonyl (C=O) groups is 2. The molecule has 0 saturated carbocycles. The molecule has 12 nitrogen and oxygen atoms in total. The smallest absolute Gasteiger partial charge is 0.271 e. The first-order chi connectivity index (χ1) is 17.7. The van der Waals surface area contributed by atoms with Crippen molar-refractivity contribution in [2.24, 2.45) is 0 Å². The van der Waals surface area contributed by atoms with Crippen LogP contribution < -0.4 is 10.6 Å². The van der Waals surface area contributed by atoms with Crippen LogP contribution in [0.3, 0.4) is 0 Å². The number of nitrogens with zero attached hydrogens (tertiary/aromatic N) is 4. The van der Waals surface area contributed by atoms with E-state index >= 15 is 0 Å². The summed E-state index contributed by atoms with van der Waals surface area (Å²) < 4.78 is 27.4. The molecule has 1 saturated heterocycles. The largest absolute Gasteiger partial charge is 0.325 e. The van der Waals surface area contributed by atoms with Crippen LogP contribution in [-0.4, -0.2) is 58.5 Å². The zero-order valence-electron chi connectivity index (χ0n) is 19.3. The Hall–Kier alpha value is -3.40. The minimum absolute atomic E-state index is 0.0156. The van der Waals surface area contributed by atoms with E-state index in [2.05, 4.69) is 20.8 Å². The molecule has 0 bridgehead atoms. The molecule has 1 aliphatic rings. The Labute approximate surface area is 220 Å². The topological polar surface area (TPSA) is 164 Å². The minimum atomic E-state index is -3.58. The van der Waals surface area contributed by atoms with Crippen LogP contribution >= 0.6 is 23.1 Å². The summed E-state index contributed by atoms with van der Waals surface area (Å²) >= 11 is 2.17. The summed E-state index contributed by atoms with van der Waals surface area (Å²) in [7, 11) is -3.58. The molecule has 37 heavy (non-hydrogen) atoms. The number of carbonyl (C=O) groups excluding carboxylic acids is 2. The average Bonchev–Trinajstić information content (AvgIpc) is 3.35. The molecule has 2 heterocycles. The van der Waals surface area contributed by atoms with Gasteiger partial charge in [-0.3, -0.25) is 25.0 Å². The van der Waals surface area contributed by atoms with E-state index in [-0.39, 0.29) is 32.9 Å². The highest BCUT2D eigenvalue weighted by molar-refractivity contribution is 8.01. The van der Waals surface area contributed by atoms with Gasteiger partial charge in [-0.1, -0.05) is 35.6 Å². The normalized spacial score (nSPS) is 14.2. The quantitative estimate of drug-likeness (QED) is 0.171. The molecule has 1 aromatic heterocycles. The van der Waals surface area contributed by atoms with E-state index < -0.39 is 20.9 Å². The number of sulfonamides is 1. The first-order valence-electron chi connectivity index (χ1n) is 11.1. The summed E-state index contributed by atoms with van der Waals surface area (Å²) in [5.41, 5.74) is 0.436. The third-order valence-corrected chi connectivity index (χ3v) is 9.25. The number of aromatic nitrogens is 2. The Kier molecular flexibility index (Phi) is 8.48. The summed E-state index contributed by atoms with van der Waals surface area (Å²) in [6.07, 6.45) is 2.69. The molecule has 4 rings (SSSR count). The minimum Gasteiger partial charge on any atom is -0.325 e. The Bertz CT molecular complexity index is 1400. The number of amides is 2. The molecule has 15 heteroatoms. The van der Waals surface area contributed by atoms with Crippen molar-refractivity contribution in [3.05, 3.63) is 64.2 Å². The average molecular weight is 563 g/mol. The predicted molar refractivity (Wildman–Crippen MR) is 139 cm³/mol. The van der Waals surface area contributed by atoms with Crippen LogP contribution in [0.5, 0.6) is 0 Å². The second-order valence-electron chi connectivity index (χ2n) is 7.96. The summed E-state index contributed by atoms with van der Waals surface area (Å²) in [6.45, 7) is 0.997. The lowest BCUT2D eigenvalue weighted by atomic mass is 10.2. The van der Waals surface area contributed by atoms with Crippen molar-refractivity contribution in [1.82, 2.24) is 14.5 Å². The number of hydrogen-bond acceptors (Lipinski definition) is 10. The van der Waals surface area contributed by atoms with Crippen LogP contribution in [0.25, 0.3) is 0 Å². The number of anilines is 2. The number of nitro benzene ring substituents is 1. The van der Waals surface area contributed by atoms with E-state index in [9.17, 15) is 28.1 Å². The lowest BCUT2D eigenvalue weighted by Crippen LogP contribution is -2.35. The number of piperidine rings is 1. The Balaban J connectivity index is 1.29. The second kappa shape index (κ2) is 11.8. The van der Waals surface area contributed by atoms with Crippen molar-refractivity contribution in [3.63, 3.8) is 0 Å². The van der Waals surface area contributed by atoms with Crippen LogP contribution in [-0.2, 0) is 14.8 Å². The van der Waals surface area contributed by atoms with Crippen molar-refractivity contribution in [2.75, 3.05) is 29.5 Å². The molecular formula is C22H22N6O6S3. The van der Waals surface area contributed by atoms with Gasteiger partial charge in [0.15, 0.2) is 4.34 Å². The van der Waals surface area contributed by atoms with Crippen molar-refractivity contribution < 1.29 is 22.9 Å². The van der Waals surface area contributed by atoms with Crippen molar-refractivity contribution in [3.8, 4) is 0 Å². The van der Waals surface area contributed by atoms with Crippen molar-refractivity contribution >= 4 is 61.4 Å². The molecule has 0 spiro atoms.